The molecule has 0 saturated carbocycles. The van der Waals surface area contributed by atoms with Gasteiger partial charge >= 0.3 is 0 Å². The Balaban J connectivity index is 1.80. The fraction of sp³-hybridized carbons (Fsp3) is 0.450. The van der Waals surface area contributed by atoms with Crippen LogP contribution >= 0.6 is 22.6 Å². The van der Waals surface area contributed by atoms with E-state index in [1.165, 1.54) is 0 Å². The maximum absolute atomic E-state index is 12.9. The standard InChI is InChI=1S/C20H25IN2O3S/c1-15-9-12-23(13-10-15)20(24)19(8-11-21)22-27(25,26)18-7-6-16-4-2-3-5-17(16)14-18/h2-7,14-15,19,22H,8-13H2,1H3/t19-/m0/s1. The van der Waals surface area contributed by atoms with Gasteiger partial charge in [0.05, 0.1) is 4.90 Å². The summed E-state index contributed by atoms with van der Waals surface area (Å²) in [6.45, 7) is 3.59. The van der Waals surface area contributed by atoms with Crippen molar-refractivity contribution in [3.63, 3.8) is 0 Å². The van der Waals surface area contributed by atoms with E-state index in [4.69, 9.17) is 0 Å². The van der Waals surface area contributed by atoms with Crippen LogP contribution in [0.3, 0.4) is 0 Å². The van der Waals surface area contributed by atoms with E-state index in [2.05, 4.69) is 34.2 Å². The Morgan fingerprint density at radius 3 is 2.52 bits per heavy atom. The van der Waals surface area contributed by atoms with Crippen LogP contribution in [0.4, 0.5) is 0 Å². The van der Waals surface area contributed by atoms with Gasteiger partial charge < -0.3 is 4.90 Å². The van der Waals surface area contributed by atoms with Gasteiger partial charge in [0.1, 0.15) is 6.04 Å². The Hall–Kier alpha value is -1.19. The molecule has 5 nitrogen and oxygen atoms in total. The summed E-state index contributed by atoms with van der Waals surface area (Å²) >= 11 is 2.18. The van der Waals surface area contributed by atoms with Crippen LogP contribution in [0.2, 0.25) is 0 Å². The van der Waals surface area contributed by atoms with Crippen LogP contribution in [0.5, 0.6) is 0 Å². The van der Waals surface area contributed by atoms with Gasteiger partial charge in [-0.2, -0.15) is 4.72 Å². The molecule has 1 amide bonds. The van der Waals surface area contributed by atoms with Gasteiger partial charge in [0, 0.05) is 17.5 Å². The number of benzene rings is 2. The number of nitrogens with zero attached hydrogens (tertiary/aromatic N) is 1. The van der Waals surface area contributed by atoms with Crippen LogP contribution in [-0.4, -0.2) is 42.8 Å². The summed E-state index contributed by atoms with van der Waals surface area (Å²) in [6, 6.07) is 12.0. The zero-order chi connectivity index (χ0) is 19.4. The Labute approximate surface area is 174 Å². The molecule has 0 aromatic heterocycles. The molecule has 1 atom stereocenters. The molecule has 2 aromatic rings. The molecule has 7 heteroatoms. The quantitative estimate of drug-likeness (QED) is 0.487. The molecule has 0 bridgehead atoms. The third-order valence-electron chi connectivity index (χ3n) is 5.12. The summed E-state index contributed by atoms with van der Waals surface area (Å²) in [5.74, 6) is 0.509. The highest BCUT2D eigenvalue weighted by atomic mass is 127. The molecular formula is C20H25IN2O3S. The van der Waals surface area contributed by atoms with E-state index in [9.17, 15) is 13.2 Å². The molecule has 0 spiro atoms. The molecule has 0 radical (unpaired) electrons. The summed E-state index contributed by atoms with van der Waals surface area (Å²) in [6.07, 6.45) is 2.43. The predicted octanol–water partition coefficient (Wildman–Crippen LogP) is 3.57. The molecule has 1 heterocycles. The maximum atomic E-state index is 12.9. The number of likely N-dealkylation sites (tertiary alicyclic amines) is 1. The third kappa shape index (κ3) is 5.00. The van der Waals surface area contributed by atoms with Gasteiger partial charge in [-0.15, -0.1) is 0 Å². The minimum absolute atomic E-state index is 0.108. The lowest BCUT2D eigenvalue weighted by Crippen LogP contribution is -2.50. The highest BCUT2D eigenvalue weighted by molar-refractivity contribution is 14.1. The smallest absolute Gasteiger partial charge is 0.241 e. The number of sulfonamides is 1. The molecule has 27 heavy (non-hydrogen) atoms. The first-order chi connectivity index (χ1) is 12.9. The normalized spacial score (nSPS) is 17.2. The van der Waals surface area contributed by atoms with Crippen LogP contribution in [0.15, 0.2) is 47.4 Å². The molecule has 1 saturated heterocycles. The number of amides is 1. The van der Waals surface area contributed by atoms with Crippen molar-refractivity contribution in [3.05, 3.63) is 42.5 Å². The predicted molar refractivity (Wildman–Crippen MR) is 117 cm³/mol. The number of rotatable bonds is 6. The number of carbonyl (C=O) groups excluding carboxylic acids is 1. The third-order valence-corrected chi connectivity index (χ3v) is 7.21. The largest absolute Gasteiger partial charge is 0.341 e. The molecule has 1 N–H and O–H groups in total. The first-order valence-electron chi connectivity index (χ1n) is 9.26. The van der Waals surface area contributed by atoms with Gasteiger partial charge in [0.2, 0.25) is 15.9 Å². The van der Waals surface area contributed by atoms with Crippen molar-refractivity contribution < 1.29 is 13.2 Å². The number of hydrogen-bond acceptors (Lipinski definition) is 3. The van der Waals surface area contributed by atoms with Crippen molar-refractivity contribution in [2.24, 2.45) is 5.92 Å². The summed E-state index contributed by atoms with van der Waals surface area (Å²) in [4.78, 5) is 14.9. The molecule has 0 aliphatic carbocycles. The zero-order valence-corrected chi connectivity index (χ0v) is 18.4. The second kappa shape index (κ2) is 8.87. The van der Waals surface area contributed by atoms with E-state index in [0.29, 0.717) is 29.9 Å². The van der Waals surface area contributed by atoms with E-state index in [0.717, 1.165) is 23.6 Å². The van der Waals surface area contributed by atoms with E-state index in [1.54, 1.807) is 23.1 Å². The van der Waals surface area contributed by atoms with Gasteiger partial charge in [0.25, 0.3) is 0 Å². The summed E-state index contributed by atoms with van der Waals surface area (Å²) in [5, 5.41) is 1.85. The minimum atomic E-state index is -3.77. The monoisotopic (exact) mass is 500 g/mol. The van der Waals surface area contributed by atoms with E-state index < -0.39 is 16.1 Å². The van der Waals surface area contributed by atoms with E-state index >= 15 is 0 Å². The molecular weight excluding hydrogens is 475 g/mol. The number of alkyl halides is 1. The van der Waals surface area contributed by atoms with Crippen molar-refractivity contribution in [1.82, 2.24) is 9.62 Å². The van der Waals surface area contributed by atoms with Crippen LogP contribution < -0.4 is 4.72 Å². The fourth-order valence-electron chi connectivity index (χ4n) is 3.38. The number of hydrogen-bond donors (Lipinski definition) is 1. The lowest BCUT2D eigenvalue weighted by atomic mass is 9.98. The molecule has 2 aromatic carbocycles. The van der Waals surface area contributed by atoms with E-state index in [-0.39, 0.29) is 10.8 Å². The average molecular weight is 500 g/mol. The van der Waals surface area contributed by atoms with Crippen molar-refractivity contribution in [1.29, 1.82) is 0 Å². The Kier molecular flexibility index (Phi) is 6.75. The van der Waals surface area contributed by atoms with Crippen LogP contribution in [0.25, 0.3) is 10.8 Å². The summed E-state index contributed by atoms with van der Waals surface area (Å²) < 4.78 is 29.2. The van der Waals surface area contributed by atoms with Crippen LogP contribution in [-0.2, 0) is 14.8 Å². The zero-order valence-electron chi connectivity index (χ0n) is 15.4. The lowest BCUT2D eigenvalue weighted by Gasteiger charge is -2.33. The Morgan fingerprint density at radius 2 is 1.85 bits per heavy atom. The molecule has 0 unspecified atom stereocenters. The number of carbonyl (C=O) groups is 1. The summed E-state index contributed by atoms with van der Waals surface area (Å²) in [7, 11) is -3.77. The lowest BCUT2D eigenvalue weighted by molar-refractivity contribution is -0.134. The number of nitrogens with one attached hydrogen (secondary N) is 1. The van der Waals surface area contributed by atoms with Gasteiger partial charge in [-0.3, -0.25) is 4.79 Å². The second-order valence-electron chi connectivity index (χ2n) is 7.17. The van der Waals surface area contributed by atoms with Crippen molar-refractivity contribution >= 4 is 49.3 Å². The number of halogens is 1. The topological polar surface area (TPSA) is 66.5 Å². The molecule has 3 rings (SSSR count). The second-order valence-corrected chi connectivity index (χ2v) is 9.96. The number of fused-ring (bicyclic) bond motifs is 1. The highest BCUT2D eigenvalue weighted by Gasteiger charge is 2.30. The Morgan fingerprint density at radius 1 is 1.19 bits per heavy atom. The number of piperidine rings is 1. The minimum Gasteiger partial charge on any atom is -0.341 e. The first-order valence-corrected chi connectivity index (χ1v) is 12.3. The van der Waals surface area contributed by atoms with Gasteiger partial charge in [-0.05, 0) is 48.1 Å². The van der Waals surface area contributed by atoms with Crippen LogP contribution in [0, 0.1) is 5.92 Å². The SMILES string of the molecule is CC1CCN(C(=O)[C@H](CCI)NS(=O)(=O)c2ccc3ccccc3c2)CC1. The Bertz CT molecular complexity index is 908. The van der Waals surface area contributed by atoms with E-state index in [1.807, 2.05) is 24.3 Å². The van der Waals surface area contributed by atoms with Crippen molar-refractivity contribution in [2.45, 2.75) is 37.1 Å². The highest BCUT2D eigenvalue weighted by Crippen LogP contribution is 2.21. The fourth-order valence-corrected chi connectivity index (χ4v) is 5.26. The molecule has 1 aliphatic heterocycles. The first kappa shape index (κ1) is 20.5. The van der Waals surface area contributed by atoms with Crippen LogP contribution in [0.1, 0.15) is 26.2 Å². The van der Waals surface area contributed by atoms with Crippen molar-refractivity contribution in [3.8, 4) is 0 Å². The van der Waals surface area contributed by atoms with Gasteiger partial charge in [-0.1, -0.05) is 59.8 Å². The maximum Gasteiger partial charge on any atom is 0.241 e. The van der Waals surface area contributed by atoms with Gasteiger partial charge in [0.15, 0.2) is 0 Å². The molecule has 1 fully saturated rings. The summed E-state index contributed by atoms with van der Waals surface area (Å²) in [5.41, 5.74) is 0. The van der Waals surface area contributed by atoms with Crippen molar-refractivity contribution in [2.75, 3.05) is 17.5 Å². The molecule has 1 aliphatic rings. The molecule has 146 valence electrons. The average Bonchev–Trinajstić information content (AvgIpc) is 2.67. The van der Waals surface area contributed by atoms with Gasteiger partial charge in [-0.25, -0.2) is 8.42 Å².